The van der Waals surface area contributed by atoms with Gasteiger partial charge in [0.25, 0.3) is 0 Å². The normalized spacial score (nSPS) is 14.6. The molecule has 1 aromatic heterocycles. The summed E-state index contributed by atoms with van der Waals surface area (Å²) in [6, 6.07) is 5.51. The number of fused-ring (bicyclic) bond motifs is 1. The average Bonchev–Trinajstić information content (AvgIpc) is 2.74. The number of halogens is 3. The summed E-state index contributed by atoms with van der Waals surface area (Å²) in [5, 5.41) is 4.42. The van der Waals surface area contributed by atoms with Crippen LogP contribution in [0.3, 0.4) is 0 Å². The Balaban J connectivity index is 1.91. The Morgan fingerprint density at radius 2 is 2.16 bits per heavy atom. The SMILES string of the molecule is Cc1nn(C(F)F)c(C)c1CC(=O)N1CCCSc2ccc(Cl)cc21. The van der Waals surface area contributed by atoms with Gasteiger partial charge in [0.15, 0.2) is 0 Å². The summed E-state index contributed by atoms with van der Waals surface area (Å²) in [7, 11) is 0. The first-order chi connectivity index (χ1) is 11.9. The van der Waals surface area contributed by atoms with E-state index in [1.165, 1.54) is 0 Å². The van der Waals surface area contributed by atoms with E-state index >= 15 is 0 Å². The predicted molar refractivity (Wildman–Crippen MR) is 95.8 cm³/mol. The van der Waals surface area contributed by atoms with Crippen LogP contribution in [0.25, 0.3) is 0 Å². The number of hydrogen-bond acceptors (Lipinski definition) is 3. The van der Waals surface area contributed by atoms with E-state index in [1.807, 2.05) is 12.1 Å². The van der Waals surface area contributed by atoms with E-state index in [0.717, 1.165) is 22.8 Å². The van der Waals surface area contributed by atoms with E-state index < -0.39 is 6.55 Å². The van der Waals surface area contributed by atoms with Crippen molar-refractivity contribution < 1.29 is 13.6 Å². The number of thioether (sulfide) groups is 1. The second kappa shape index (κ2) is 7.33. The van der Waals surface area contributed by atoms with Crippen molar-refractivity contribution in [3.05, 3.63) is 40.2 Å². The van der Waals surface area contributed by atoms with Gasteiger partial charge in [-0.2, -0.15) is 13.9 Å². The van der Waals surface area contributed by atoms with Crippen molar-refractivity contribution in [2.75, 3.05) is 17.2 Å². The minimum atomic E-state index is -2.71. The van der Waals surface area contributed by atoms with Gasteiger partial charge in [-0.15, -0.1) is 11.8 Å². The Morgan fingerprint density at radius 1 is 1.40 bits per heavy atom. The third kappa shape index (κ3) is 3.67. The monoisotopic (exact) mass is 385 g/mol. The minimum absolute atomic E-state index is 0.0427. The molecule has 2 aromatic rings. The van der Waals surface area contributed by atoms with Crippen molar-refractivity contribution in [3.63, 3.8) is 0 Å². The summed E-state index contributed by atoms with van der Waals surface area (Å²) in [5.41, 5.74) is 2.14. The molecule has 0 aliphatic carbocycles. The Hall–Kier alpha value is -1.60. The highest BCUT2D eigenvalue weighted by atomic mass is 35.5. The molecule has 0 atom stereocenters. The van der Waals surface area contributed by atoms with Crippen LogP contribution in [0, 0.1) is 13.8 Å². The average molecular weight is 386 g/mol. The lowest BCUT2D eigenvalue weighted by molar-refractivity contribution is -0.118. The molecule has 1 aliphatic heterocycles. The molecule has 0 radical (unpaired) electrons. The molecule has 25 heavy (non-hydrogen) atoms. The van der Waals surface area contributed by atoms with Crippen molar-refractivity contribution >= 4 is 35.0 Å². The predicted octanol–water partition coefficient (Wildman–Crippen LogP) is 4.62. The molecular weight excluding hydrogens is 368 g/mol. The molecule has 4 nitrogen and oxygen atoms in total. The number of amides is 1. The van der Waals surface area contributed by atoms with E-state index in [1.54, 1.807) is 36.6 Å². The van der Waals surface area contributed by atoms with Crippen LogP contribution in [0.4, 0.5) is 14.5 Å². The summed E-state index contributed by atoms with van der Waals surface area (Å²) in [6.45, 7) is 1.09. The Labute approximate surface area is 154 Å². The highest BCUT2D eigenvalue weighted by Gasteiger charge is 2.25. The minimum Gasteiger partial charge on any atom is -0.311 e. The molecule has 0 bridgehead atoms. The number of anilines is 1. The Bertz CT molecular complexity index is 809. The molecule has 2 heterocycles. The van der Waals surface area contributed by atoms with Crippen LogP contribution in [0.15, 0.2) is 23.1 Å². The van der Waals surface area contributed by atoms with E-state index in [9.17, 15) is 13.6 Å². The number of aromatic nitrogens is 2. The molecule has 0 saturated carbocycles. The van der Waals surface area contributed by atoms with E-state index in [2.05, 4.69) is 5.10 Å². The Kier molecular flexibility index (Phi) is 5.34. The second-order valence-electron chi connectivity index (χ2n) is 5.91. The number of rotatable bonds is 3. The molecule has 1 aliphatic rings. The smallest absolute Gasteiger partial charge is 0.311 e. The van der Waals surface area contributed by atoms with Gasteiger partial charge in [0.2, 0.25) is 5.91 Å². The standard InChI is InChI=1S/C17H18ClF2N3OS/c1-10-13(11(2)23(21-10)17(19)20)9-16(24)22-6-3-7-25-15-5-4-12(18)8-14(15)22/h4-5,8,17H,3,6-7,9H2,1-2H3. The van der Waals surface area contributed by atoms with Crippen molar-refractivity contribution in [2.45, 2.75) is 38.1 Å². The number of carbonyl (C=O) groups excluding carboxylic acids is 1. The number of nitrogens with zero attached hydrogens (tertiary/aromatic N) is 3. The molecule has 0 saturated heterocycles. The highest BCUT2D eigenvalue weighted by Crippen LogP contribution is 2.36. The number of carbonyl (C=O) groups is 1. The topological polar surface area (TPSA) is 38.1 Å². The zero-order chi connectivity index (χ0) is 18.1. The van der Waals surface area contributed by atoms with Gasteiger partial charge in [-0.05, 0) is 44.2 Å². The molecular formula is C17H18ClF2N3OS. The summed E-state index contributed by atoms with van der Waals surface area (Å²) in [6.07, 6.45) is 0.901. The first-order valence-electron chi connectivity index (χ1n) is 7.94. The quantitative estimate of drug-likeness (QED) is 0.773. The number of aryl methyl sites for hydroxylation is 1. The molecule has 0 unspecified atom stereocenters. The lowest BCUT2D eigenvalue weighted by Gasteiger charge is -2.23. The van der Waals surface area contributed by atoms with Crippen LogP contribution in [0.2, 0.25) is 5.02 Å². The lowest BCUT2D eigenvalue weighted by atomic mass is 10.1. The van der Waals surface area contributed by atoms with E-state index in [-0.39, 0.29) is 12.3 Å². The molecule has 0 N–H and O–H groups in total. The van der Waals surface area contributed by atoms with Gasteiger partial charge in [-0.1, -0.05) is 11.6 Å². The van der Waals surface area contributed by atoms with Crippen molar-refractivity contribution in [1.29, 1.82) is 0 Å². The molecule has 1 aromatic carbocycles. The maximum atomic E-state index is 13.0. The maximum Gasteiger partial charge on any atom is 0.333 e. The number of alkyl halides is 2. The van der Waals surface area contributed by atoms with E-state index in [4.69, 9.17) is 11.6 Å². The van der Waals surface area contributed by atoms with Crippen molar-refractivity contribution in [2.24, 2.45) is 0 Å². The first kappa shape index (κ1) is 18.2. The van der Waals surface area contributed by atoms with Gasteiger partial charge >= 0.3 is 6.55 Å². The van der Waals surface area contributed by atoms with E-state index in [0.29, 0.717) is 33.2 Å². The second-order valence-corrected chi connectivity index (χ2v) is 7.48. The maximum absolute atomic E-state index is 13.0. The van der Waals surface area contributed by atoms with Gasteiger partial charge in [-0.25, -0.2) is 4.68 Å². The van der Waals surface area contributed by atoms with Crippen LogP contribution in [0.1, 0.15) is 29.9 Å². The fraction of sp³-hybridized carbons (Fsp3) is 0.412. The van der Waals surface area contributed by atoms with Crippen LogP contribution in [-0.4, -0.2) is 28.0 Å². The number of benzene rings is 1. The molecule has 134 valence electrons. The van der Waals surface area contributed by atoms with Crippen molar-refractivity contribution in [3.8, 4) is 0 Å². The largest absolute Gasteiger partial charge is 0.333 e. The third-order valence-electron chi connectivity index (χ3n) is 4.28. The Morgan fingerprint density at radius 3 is 2.84 bits per heavy atom. The molecule has 3 rings (SSSR count). The van der Waals surface area contributed by atoms with Gasteiger partial charge in [-0.3, -0.25) is 4.79 Å². The zero-order valence-electron chi connectivity index (χ0n) is 13.9. The summed E-state index contributed by atoms with van der Waals surface area (Å²) < 4.78 is 26.7. The van der Waals surface area contributed by atoms with Crippen LogP contribution in [-0.2, 0) is 11.2 Å². The van der Waals surface area contributed by atoms with Gasteiger partial charge in [0, 0.05) is 27.7 Å². The van der Waals surface area contributed by atoms with Gasteiger partial charge in [0.1, 0.15) is 0 Å². The van der Waals surface area contributed by atoms with Crippen LogP contribution < -0.4 is 4.90 Å². The molecule has 0 spiro atoms. The molecule has 1 amide bonds. The summed E-state index contributed by atoms with van der Waals surface area (Å²) >= 11 is 7.80. The van der Waals surface area contributed by atoms with Crippen LogP contribution >= 0.6 is 23.4 Å². The van der Waals surface area contributed by atoms with Gasteiger partial charge in [0.05, 0.1) is 17.8 Å². The summed E-state index contributed by atoms with van der Waals surface area (Å²) in [5.74, 6) is 0.783. The summed E-state index contributed by atoms with van der Waals surface area (Å²) in [4.78, 5) is 15.6. The third-order valence-corrected chi connectivity index (χ3v) is 5.67. The fourth-order valence-electron chi connectivity index (χ4n) is 3.00. The molecule has 0 fully saturated rings. The number of hydrogen-bond donors (Lipinski definition) is 0. The van der Waals surface area contributed by atoms with Gasteiger partial charge < -0.3 is 4.90 Å². The van der Waals surface area contributed by atoms with Crippen molar-refractivity contribution in [1.82, 2.24) is 9.78 Å². The lowest BCUT2D eigenvalue weighted by Crippen LogP contribution is -2.33. The van der Waals surface area contributed by atoms with Crippen LogP contribution in [0.5, 0.6) is 0 Å². The molecule has 8 heteroatoms. The zero-order valence-corrected chi connectivity index (χ0v) is 15.5. The first-order valence-corrected chi connectivity index (χ1v) is 9.30. The fourth-order valence-corrected chi connectivity index (χ4v) is 4.14. The highest BCUT2D eigenvalue weighted by molar-refractivity contribution is 7.99.